The molecular weight excluding hydrogens is 314 g/mol. The summed E-state index contributed by atoms with van der Waals surface area (Å²) in [5.74, 6) is 1.48. The summed E-state index contributed by atoms with van der Waals surface area (Å²) >= 11 is 0. The van der Waals surface area contributed by atoms with Crippen LogP contribution in [0.15, 0.2) is 36.5 Å². The summed E-state index contributed by atoms with van der Waals surface area (Å²) in [4.78, 5) is 25.5. The van der Waals surface area contributed by atoms with Crippen molar-refractivity contribution in [3.8, 4) is 0 Å². The molecule has 2 aromatic rings. The number of aromatic nitrogens is 2. The third-order valence-corrected chi connectivity index (χ3v) is 4.40. The van der Waals surface area contributed by atoms with Crippen molar-refractivity contribution in [3.63, 3.8) is 0 Å². The quantitative estimate of drug-likeness (QED) is 0.907. The topological polar surface area (TPSA) is 61.4 Å². The van der Waals surface area contributed by atoms with Gasteiger partial charge in [-0.25, -0.2) is 9.97 Å². The standard InChI is InChI=1S/C19H25N5O/c1-23(2)16-8-6-7-15(13-16)19(25)21-14-17-20-10-9-18(22-17)24-11-4-3-5-12-24/h6-10,13H,3-5,11-12,14H2,1-2H3,(H,21,25). The largest absolute Gasteiger partial charge is 0.378 e. The van der Waals surface area contributed by atoms with Crippen LogP contribution in [-0.4, -0.2) is 43.1 Å². The molecule has 132 valence electrons. The summed E-state index contributed by atoms with van der Waals surface area (Å²) in [6, 6.07) is 9.49. The average Bonchev–Trinajstić information content (AvgIpc) is 2.67. The lowest BCUT2D eigenvalue weighted by molar-refractivity contribution is 0.0950. The van der Waals surface area contributed by atoms with Crippen molar-refractivity contribution in [2.45, 2.75) is 25.8 Å². The predicted octanol–water partition coefficient (Wildman–Crippen LogP) is 2.46. The first-order valence-corrected chi connectivity index (χ1v) is 8.76. The monoisotopic (exact) mass is 339 g/mol. The van der Waals surface area contributed by atoms with Gasteiger partial charge in [-0.3, -0.25) is 4.79 Å². The molecule has 1 fully saturated rings. The molecule has 0 radical (unpaired) electrons. The summed E-state index contributed by atoms with van der Waals surface area (Å²) in [7, 11) is 3.91. The van der Waals surface area contributed by atoms with Crippen molar-refractivity contribution in [2.75, 3.05) is 37.0 Å². The van der Waals surface area contributed by atoms with Gasteiger partial charge < -0.3 is 15.1 Å². The molecule has 0 spiro atoms. The maximum atomic E-state index is 12.4. The van der Waals surface area contributed by atoms with Crippen LogP contribution in [0.25, 0.3) is 0 Å². The normalized spacial score (nSPS) is 14.2. The smallest absolute Gasteiger partial charge is 0.251 e. The highest BCUT2D eigenvalue weighted by Gasteiger charge is 2.13. The number of carbonyl (C=O) groups is 1. The zero-order valence-corrected chi connectivity index (χ0v) is 14.9. The van der Waals surface area contributed by atoms with Crippen molar-refractivity contribution >= 4 is 17.4 Å². The summed E-state index contributed by atoms with van der Waals surface area (Å²) < 4.78 is 0. The number of piperidine rings is 1. The highest BCUT2D eigenvalue weighted by molar-refractivity contribution is 5.95. The summed E-state index contributed by atoms with van der Waals surface area (Å²) in [6.45, 7) is 2.41. The lowest BCUT2D eigenvalue weighted by Crippen LogP contribution is -2.31. The minimum atomic E-state index is -0.115. The van der Waals surface area contributed by atoms with Crippen LogP contribution in [0.1, 0.15) is 35.4 Å². The van der Waals surface area contributed by atoms with E-state index in [0.717, 1.165) is 24.6 Å². The zero-order valence-electron chi connectivity index (χ0n) is 14.9. The maximum absolute atomic E-state index is 12.4. The molecule has 2 heterocycles. The van der Waals surface area contributed by atoms with E-state index in [9.17, 15) is 4.79 Å². The van der Waals surface area contributed by atoms with Crippen LogP contribution in [0, 0.1) is 0 Å². The van der Waals surface area contributed by atoms with Crippen LogP contribution in [-0.2, 0) is 6.54 Å². The van der Waals surface area contributed by atoms with Gasteiger partial charge in [-0.05, 0) is 43.5 Å². The molecule has 6 heteroatoms. The molecular formula is C19H25N5O. The van der Waals surface area contributed by atoms with Gasteiger partial charge in [-0.1, -0.05) is 6.07 Å². The van der Waals surface area contributed by atoms with Gasteiger partial charge >= 0.3 is 0 Å². The molecule has 0 unspecified atom stereocenters. The Morgan fingerprint density at radius 2 is 2.00 bits per heavy atom. The SMILES string of the molecule is CN(C)c1cccc(C(=O)NCc2nccc(N3CCCCC3)n2)c1. The van der Waals surface area contributed by atoms with Crippen LogP contribution in [0.5, 0.6) is 0 Å². The van der Waals surface area contributed by atoms with E-state index in [0.29, 0.717) is 17.9 Å². The number of hydrogen-bond acceptors (Lipinski definition) is 5. The van der Waals surface area contributed by atoms with E-state index in [4.69, 9.17) is 0 Å². The molecule has 1 aliphatic heterocycles. The Bertz CT molecular complexity index is 725. The van der Waals surface area contributed by atoms with Crippen molar-refractivity contribution in [1.29, 1.82) is 0 Å². The van der Waals surface area contributed by atoms with Crippen molar-refractivity contribution in [2.24, 2.45) is 0 Å². The lowest BCUT2D eigenvalue weighted by atomic mass is 10.1. The number of carbonyl (C=O) groups excluding carboxylic acids is 1. The van der Waals surface area contributed by atoms with Gasteiger partial charge in [-0.2, -0.15) is 0 Å². The van der Waals surface area contributed by atoms with Crippen molar-refractivity contribution in [1.82, 2.24) is 15.3 Å². The summed E-state index contributed by atoms with van der Waals surface area (Å²) in [5.41, 5.74) is 1.63. The molecule has 0 atom stereocenters. The summed E-state index contributed by atoms with van der Waals surface area (Å²) in [5, 5.41) is 2.91. The van der Waals surface area contributed by atoms with E-state index < -0.39 is 0 Å². The number of hydrogen-bond donors (Lipinski definition) is 1. The number of rotatable bonds is 5. The molecule has 6 nitrogen and oxygen atoms in total. The second-order valence-electron chi connectivity index (χ2n) is 6.51. The first-order valence-electron chi connectivity index (χ1n) is 8.76. The van der Waals surface area contributed by atoms with Crippen LogP contribution in [0.2, 0.25) is 0 Å². The van der Waals surface area contributed by atoms with Gasteiger partial charge in [0.05, 0.1) is 6.54 Å². The van der Waals surface area contributed by atoms with Gasteiger partial charge in [0, 0.05) is 44.6 Å². The number of nitrogens with one attached hydrogen (secondary N) is 1. The highest BCUT2D eigenvalue weighted by Crippen LogP contribution is 2.17. The molecule has 1 aliphatic rings. The number of amides is 1. The Hall–Kier alpha value is -2.63. The minimum Gasteiger partial charge on any atom is -0.378 e. The van der Waals surface area contributed by atoms with Gasteiger partial charge in [0.1, 0.15) is 11.6 Å². The van der Waals surface area contributed by atoms with E-state index in [2.05, 4.69) is 20.2 Å². The predicted molar refractivity (Wildman–Crippen MR) is 100 cm³/mol. The fourth-order valence-electron chi connectivity index (χ4n) is 2.96. The molecule has 3 rings (SSSR count). The second-order valence-corrected chi connectivity index (χ2v) is 6.51. The lowest BCUT2D eigenvalue weighted by Gasteiger charge is -2.27. The molecule has 0 saturated carbocycles. The fourth-order valence-corrected chi connectivity index (χ4v) is 2.96. The van der Waals surface area contributed by atoms with Gasteiger partial charge in [0.2, 0.25) is 0 Å². The molecule has 1 aromatic heterocycles. The van der Waals surface area contributed by atoms with E-state index >= 15 is 0 Å². The van der Waals surface area contributed by atoms with Crippen molar-refractivity contribution < 1.29 is 4.79 Å². The van der Waals surface area contributed by atoms with Crippen LogP contribution < -0.4 is 15.1 Å². The van der Waals surface area contributed by atoms with Gasteiger partial charge in [0.25, 0.3) is 5.91 Å². The summed E-state index contributed by atoms with van der Waals surface area (Å²) in [6.07, 6.45) is 5.47. The second kappa shape index (κ2) is 7.96. The van der Waals surface area contributed by atoms with E-state index in [1.165, 1.54) is 19.3 Å². The van der Waals surface area contributed by atoms with Crippen LogP contribution >= 0.6 is 0 Å². The Morgan fingerprint density at radius 3 is 2.76 bits per heavy atom. The Morgan fingerprint density at radius 1 is 1.20 bits per heavy atom. The fraction of sp³-hybridized carbons (Fsp3) is 0.421. The zero-order chi connectivity index (χ0) is 17.6. The molecule has 0 bridgehead atoms. The minimum absolute atomic E-state index is 0.115. The van der Waals surface area contributed by atoms with E-state index in [1.54, 1.807) is 6.20 Å². The molecule has 0 aliphatic carbocycles. The molecule has 1 amide bonds. The first-order chi connectivity index (χ1) is 12.1. The Kier molecular flexibility index (Phi) is 5.48. The highest BCUT2D eigenvalue weighted by atomic mass is 16.1. The Labute approximate surface area is 148 Å². The third kappa shape index (κ3) is 4.47. The molecule has 25 heavy (non-hydrogen) atoms. The van der Waals surface area contributed by atoms with Crippen molar-refractivity contribution in [3.05, 3.63) is 47.9 Å². The molecule has 1 aromatic carbocycles. The number of anilines is 2. The average molecular weight is 339 g/mol. The van der Waals surface area contributed by atoms with E-state index in [-0.39, 0.29) is 5.91 Å². The first kappa shape index (κ1) is 17.2. The van der Waals surface area contributed by atoms with Gasteiger partial charge in [-0.15, -0.1) is 0 Å². The van der Waals surface area contributed by atoms with Gasteiger partial charge in [0.15, 0.2) is 0 Å². The maximum Gasteiger partial charge on any atom is 0.251 e. The third-order valence-electron chi connectivity index (χ3n) is 4.40. The number of benzene rings is 1. The Balaban J connectivity index is 1.63. The molecule has 1 N–H and O–H groups in total. The number of nitrogens with zero attached hydrogens (tertiary/aromatic N) is 4. The van der Waals surface area contributed by atoms with Crippen LogP contribution in [0.3, 0.4) is 0 Å². The molecule has 1 saturated heterocycles. The van der Waals surface area contributed by atoms with Crippen LogP contribution in [0.4, 0.5) is 11.5 Å². The van der Waals surface area contributed by atoms with E-state index in [1.807, 2.05) is 49.3 Å².